The van der Waals surface area contributed by atoms with Gasteiger partial charge in [0, 0.05) is 11.8 Å². The van der Waals surface area contributed by atoms with Crippen molar-refractivity contribution in [2.75, 3.05) is 40.1 Å². The lowest BCUT2D eigenvalue weighted by Gasteiger charge is -2.12. The van der Waals surface area contributed by atoms with Crippen LogP contribution in [0.1, 0.15) is 12.8 Å². The van der Waals surface area contributed by atoms with Crippen LogP contribution in [0.5, 0.6) is 11.5 Å². The van der Waals surface area contributed by atoms with Crippen LogP contribution in [0.15, 0.2) is 18.2 Å². The number of rotatable bonds is 7. The Labute approximate surface area is 103 Å². The Kier molecular flexibility index (Phi) is 5.63. The highest BCUT2D eigenvalue weighted by atomic mass is 16.5. The smallest absolute Gasteiger partial charge is 0.162 e. The molecule has 0 aliphatic heterocycles. The number of methoxy groups -OCH3 is 1. The Morgan fingerprint density at radius 2 is 1.94 bits per heavy atom. The minimum atomic E-state index is 0.682. The van der Waals surface area contributed by atoms with E-state index >= 15 is 0 Å². The number of hydrogen-bond donors (Lipinski definition) is 1. The number of hydrogen-bond acceptors (Lipinski definition) is 4. The summed E-state index contributed by atoms with van der Waals surface area (Å²) in [5.41, 5.74) is 6.35. The maximum absolute atomic E-state index is 5.67. The first-order valence-corrected chi connectivity index (χ1v) is 5.84. The van der Waals surface area contributed by atoms with Crippen molar-refractivity contribution in [3.63, 3.8) is 0 Å². The average Bonchev–Trinajstić information content (AvgIpc) is 2.29. The molecule has 4 nitrogen and oxygen atoms in total. The van der Waals surface area contributed by atoms with Gasteiger partial charge in [0.15, 0.2) is 11.5 Å². The van der Waals surface area contributed by atoms with Crippen molar-refractivity contribution in [3.8, 4) is 11.5 Å². The molecule has 4 heteroatoms. The van der Waals surface area contributed by atoms with Gasteiger partial charge >= 0.3 is 0 Å². The summed E-state index contributed by atoms with van der Waals surface area (Å²) in [5, 5.41) is 0. The number of nitrogens with zero attached hydrogens (tertiary/aromatic N) is 1. The minimum absolute atomic E-state index is 0.682. The summed E-state index contributed by atoms with van der Waals surface area (Å²) in [6.07, 6.45) is 2.16. The largest absolute Gasteiger partial charge is 0.493 e. The molecule has 0 saturated heterocycles. The van der Waals surface area contributed by atoms with Crippen molar-refractivity contribution in [2.24, 2.45) is 0 Å². The van der Waals surface area contributed by atoms with Crippen LogP contribution in [-0.2, 0) is 0 Å². The number of anilines is 1. The molecule has 0 fully saturated rings. The van der Waals surface area contributed by atoms with Gasteiger partial charge in [-0.15, -0.1) is 0 Å². The van der Waals surface area contributed by atoms with Crippen LogP contribution >= 0.6 is 0 Å². The Hall–Kier alpha value is -1.42. The Morgan fingerprint density at radius 3 is 2.59 bits per heavy atom. The highest BCUT2D eigenvalue weighted by Crippen LogP contribution is 2.28. The highest BCUT2D eigenvalue weighted by molar-refractivity contribution is 5.51. The van der Waals surface area contributed by atoms with Crippen molar-refractivity contribution in [1.82, 2.24) is 4.90 Å². The topological polar surface area (TPSA) is 47.7 Å². The number of nitrogens with two attached hydrogens (primary N) is 1. The summed E-state index contributed by atoms with van der Waals surface area (Å²) in [4.78, 5) is 2.17. The molecule has 1 rings (SSSR count). The molecule has 0 spiro atoms. The lowest BCUT2D eigenvalue weighted by molar-refractivity contribution is 0.277. The molecule has 0 heterocycles. The van der Waals surface area contributed by atoms with E-state index < -0.39 is 0 Å². The lowest BCUT2D eigenvalue weighted by Crippen LogP contribution is -2.13. The summed E-state index contributed by atoms with van der Waals surface area (Å²) in [5.74, 6) is 1.45. The van der Waals surface area contributed by atoms with Crippen LogP contribution in [0.4, 0.5) is 5.69 Å². The van der Waals surface area contributed by atoms with Gasteiger partial charge in [-0.2, -0.15) is 0 Å². The second-order valence-electron chi connectivity index (χ2n) is 4.27. The fourth-order valence-electron chi connectivity index (χ4n) is 1.52. The summed E-state index contributed by atoms with van der Waals surface area (Å²) in [6.45, 7) is 1.79. The van der Waals surface area contributed by atoms with Gasteiger partial charge in [-0.3, -0.25) is 0 Å². The van der Waals surface area contributed by atoms with E-state index in [1.807, 2.05) is 12.1 Å². The number of benzene rings is 1. The molecule has 1 aromatic rings. The van der Waals surface area contributed by atoms with Gasteiger partial charge < -0.3 is 20.1 Å². The van der Waals surface area contributed by atoms with Crippen LogP contribution in [0, 0.1) is 0 Å². The van der Waals surface area contributed by atoms with Crippen molar-refractivity contribution in [1.29, 1.82) is 0 Å². The van der Waals surface area contributed by atoms with Crippen LogP contribution < -0.4 is 15.2 Å². The second kappa shape index (κ2) is 7.01. The quantitative estimate of drug-likeness (QED) is 0.583. The van der Waals surface area contributed by atoms with E-state index in [0.29, 0.717) is 18.0 Å². The van der Waals surface area contributed by atoms with E-state index in [9.17, 15) is 0 Å². The molecule has 0 atom stereocenters. The summed E-state index contributed by atoms with van der Waals surface area (Å²) < 4.78 is 10.9. The molecule has 0 radical (unpaired) electrons. The number of ether oxygens (including phenoxy) is 2. The third-order valence-electron chi connectivity index (χ3n) is 2.44. The first-order valence-electron chi connectivity index (χ1n) is 5.84. The third-order valence-corrected chi connectivity index (χ3v) is 2.44. The molecular formula is C13H22N2O2. The molecule has 0 amide bonds. The van der Waals surface area contributed by atoms with Gasteiger partial charge in [-0.25, -0.2) is 0 Å². The monoisotopic (exact) mass is 238 g/mol. The Morgan fingerprint density at radius 1 is 1.18 bits per heavy atom. The molecule has 2 N–H and O–H groups in total. The molecule has 0 aliphatic carbocycles. The SMILES string of the molecule is COc1cc(N)ccc1OCCCCN(C)C. The molecular weight excluding hydrogens is 216 g/mol. The normalized spacial score (nSPS) is 10.6. The second-order valence-corrected chi connectivity index (χ2v) is 4.27. The fraction of sp³-hybridized carbons (Fsp3) is 0.538. The number of unbranched alkanes of at least 4 members (excludes halogenated alkanes) is 1. The number of nitrogen functional groups attached to an aromatic ring is 1. The molecule has 0 aliphatic rings. The van der Waals surface area contributed by atoms with E-state index in [1.54, 1.807) is 13.2 Å². The lowest BCUT2D eigenvalue weighted by atomic mass is 10.3. The summed E-state index contributed by atoms with van der Waals surface area (Å²) in [7, 11) is 5.77. The molecule has 1 aromatic carbocycles. The molecule has 17 heavy (non-hydrogen) atoms. The average molecular weight is 238 g/mol. The van der Waals surface area contributed by atoms with Crippen LogP contribution in [0.3, 0.4) is 0 Å². The zero-order valence-electron chi connectivity index (χ0n) is 10.9. The van der Waals surface area contributed by atoms with E-state index in [-0.39, 0.29) is 0 Å². The molecule has 0 aromatic heterocycles. The first kappa shape index (κ1) is 13.6. The van der Waals surface area contributed by atoms with E-state index in [2.05, 4.69) is 19.0 Å². The molecule has 0 bridgehead atoms. The molecule has 0 saturated carbocycles. The van der Waals surface area contributed by atoms with Crippen LogP contribution in [-0.4, -0.2) is 39.3 Å². The Balaban J connectivity index is 2.36. The highest BCUT2D eigenvalue weighted by Gasteiger charge is 2.04. The van der Waals surface area contributed by atoms with Crippen molar-refractivity contribution in [3.05, 3.63) is 18.2 Å². The predicted molar refractivity (Wildman–Crippen MR) is 70.7 cm³/mol. The van der Waals surface area contributed by atoms with Crippen LogP contribution in [0.25, 0.3) is 0 Å². The minimum Gasteiger partial charge on any atom is -0.493 e. The van der Waals surface area contributed by atoms with Crippen molar-refractivity contribution >= 4 is 5.69 Å². The van der Waals surface area contributed by atoms with E-state index in [4.69, 9.17) is 15.2 Å². The Bertz CT molecular complexity index is 340. The van der Waals surface area contributed by atoms with Crippen LogP contribution in [0.2, 0.25) is 0 Å². The maximum atomic E-state index is 5.67. The predicted octanol–water partition coefficient (Wildman–Crippen LogP) is 2.00. The van der Waals surface area contributed by atoms with Gasteiger partial charge in [0.1, 0.15) is 0 Å². The van der Waals surface area contributed by atoms with Crippen molar-refractivity contribution in [2.45, 2.75) is 12.8 Å². The van der Waals surface area contributed by atoms with Gasteiger partial charge in [0.2, 0.25) is 0 Å². The third kappa shape index (κ3) is 4.95. The maximum Gasteiger partial charge on any atom is 0.162 e. The zero-order valence-corrected chi connectivity index (χ0v) is 10.9. The summed E-state index contributed by atoms with van der Waals surface area (Å²) >= 11 is 0. The zero-order chi connectivity index (χ0) is 12.7. The van der Waals surface area contributed by atoms with Gasteiger partial charge in [-0.1, -0.05) is 0 Å². The van der Waals surface area contributed by atoms with E-state index in [1.165, 1.54) is 0 Å². The van der Waals surface area contributed by atoms with Gasteiger partial charge in [0.25, 0.3) is 0 Å². The fourth-order valence-corrected chi connectivity index (χ4v) is 1.52. The molecule has 96 valence electrons. The van der Waals surface area contributed by atoms with Gasteiger partial charge in [-0.05, 0) is 45.6 Å². The first-order chi connectivity index (χ1) is 8.13. The van der Waals surface area contributed by atoms with Gasteiger partial charge in [0.05, 0.1) is 13.7 Å². The molecule has 0 unspecified atom stereocenters. The summed E-state index contributed by atoms with van der Waals surface area (Å²) in [6, 6.07) is 5.44. The van der Waals surface area contributed by atoms with Crippen molar-refractivity contribution < 1.29 is 9.47 Å². The van der Waals surface area contributed by atoms with E-state index in [0.717, 1.165) is 25.1 Å². The standard InChI is InChI=1S/C13H22N2O2/c1-15(2)8-4-5-9-17-12-7-6-11(14)10-13(12)16-3/h6-7,10H,4-5,8-9,14H2,1-3H3.